The number of hydrogen-bond donors (Lipinski definition) is 2. The fourth-order valence-corrected chi connectivity index (χ4v) is 3.31. The monoisotopic (exact) mass is 381 g/mol. The van der Waals surface area contributed by atoms with Gasteiger partial charge in [0.25, 0.3) is 0 Å². The lowest BCUT2D eigenvalue weighted by molar-refractivity contribution is 0.119. The molecule has 10 nitrogen and oxygen atoms in total. The summed E-state index contributed by atoms with van der Waals surface area (Å²) in [6, 6.07) is 8.20. The van der Waals surface area contributed by atoms with Crippen LogP contribution in [0.15, 0.2) is 24.3 Å². The molecule has 0 aliphatic carbocycles. The molecule has 1 fully saturated rings. The Hall–Kier alpha value is -3.11. The standard InChI is InChI=1S/C18H23N9O/c1-28-13-4-2-3-12(9-13)10-26-5-7-27(8-6-26)11-14-21-15-16(19)22-18(20)23-17(15)25-24-14/h2-4,9H,5-8,10-11H2,1H3,(H4,19,20,22,23,25). The van der Waals surface area contributed by atoms with Crippen molar-refractivity contribution in [2.45, 2.75) is 13.1 Å². The lowest BCUT2D eigenvalue weighted by atomic mass is 10.2. The van der Waals surface area contributed by atoms with E-state index in [9.17, 15) is 0 Å². The van der Waals surface area contributed by atoms with Crippen LogP contribution >= 0.6 is 0 Å². The minimum Gasteiger partial charge on any atom is -0.497 e. The quantitative estimate of drug-likeness (QED) is 0.636. The largest absolute Gasteiger partial charge is 0.497 e. The maximum absolute atomic E-state index is 5.88. The van der Waals surface area contributed by atoms with Gasteiger partial charge in [-0.3, -0.25) is 9.80 Å². The van der Waals surface area contributed by atoms with E-state index in [1.807, 2.05) is 12.1 Å². The highest BCUT2D eigenvalue weighted by Crippen LogP contribution is 2.17. The minimum atomic E-state index is 0.0704. The number of nitrogens with zero attached hydrogens (tertiary/aromatic N) is 7. The summed E-state index contributed by atoms with van der Waals surface area (Å²) in [6.07, 6.45) is 0. The van der Waals surface area contributed by atoms with Crippen molar-refractivity contribution in [2.24, 2.45) is 0 Å². The summed E-state index contributed by atoms with van der Waals surface area (Å²) in [5, 5.41) is 8.24. The number of aromatic nitrogens is 5. The lowest BCUT2D eigenvalue weighted by Gasteiger charge is -2.34. The summed E-state index contributed by atoms with van der Waals surface area (Å²) < 4.78 is 5.30. The molecule has 3 aromatic rings. The summed E-state index contributed by atoms with van der Waals surface area (Å²) >= 11 is 0. The van der Waals surface area contributed by atoms with Gasteiger partial charge in [0.15, 0.2) is 17.2 Å². The first-order valence-electron chi connectivity index (χ1n) is 9.10. The Labute approximate surface area is 162 Å². The lowest BCUT2D eigenvalue weighted by Crippen LogP contribution is -2.45. The molecule has 1 saturated heterocycles. The van der Waals surface area contributed by atoms with E-state index < -0.39 is 0 Å². The number of hydrogen-bond acceptors (Lipinski definition) is 10. The van der Waals surface area contributed by atoms with Crippen LogP contribution in [0.5, 0.6) is 5.75 Å². The SMILES string of the molecule is COc1cccc(CN2CCN(Cc3nnc4nc(N)nc(N)c4n3)CC2)c1. The predicted octanol–water partition coefficient (Wildman–Crippen LogP) is 0.306. The van der Waals surface area contributed by atoms with Gasteiger partial charge in [0.05, 0.1) is 13.7 Å². The Morgan fingerprint density at radius 1 is 0.964 bits per heavy atom. The van der Waals surface area contributed by atoms with E-state index in [-0.39, 0.29) is 11.8 Å². The predicted molar refractivity (Wildman–Crippen MR) is 105 cm³/mol. The highest BCUT2D eigenvalue weighted by molar-refractivity contribution is 5.81. The van der Waals surface area contributed by atoms with Crippen molar-refractivity contribution >= 4 is 22.9 Å². The molecule has 0 amide bonds. The number of nitrogen functional groups attached to an aromatic ring is 2. The van der Waals surface area contributed by atoms with Gasteiger partial charge in [-0.2, -0.15) is 9.97 Å². The van der Waals surface area contributed by atoms with Crippen molar-refractivity contribution in [1.29, 1.82) is 0 Å². The van der Waals surface area contributed by atoms with Gasteiger partial charge in [0.2, 0.25) is 11.6 Å². The van der Waals surface area contributed by atoms with E-state index in [0.717, 1.165) is 38.5 Å². The first kappa shape index (κ1) is 18.3. The number of methoxy groups -OCH3 is 1. The third-order valence-corrected chi connectivity index (χ3v) is 4.78. The summed E-state index contributed by atoms with van der Waals surface area (Å²) in [5.41, 5.74) is 13.5. The van der Waals surface area contributed by atoms with Crippen molar-refractivity contribution in [1.82, 2.24) is 34.9 Å². The smallest absolute Gasteiger partial charge is 0.224 e. The van der Waals surface area contributed by atoms with E-state index in [1.165, 1.54) is 5.56 Å². The Morgan fingerprint density at radius 3 is 2.46 bits per heavy atom. The summed E-state index contributed by atoms with van der Waals surface area (Å²) in [6.45, 7) is 5.33. The van der Waals surface area contributed by atoms with Crippen molar-refractivity contribution in [3.63, 3.8) is 0 Å². The van der Waals surface area contributed by atoms with Crippen LogP contribution in [-0.4, -0.2) is 68.2 Å². The molecular weight excluding hydrogens is 358 g/mol. The maximum Gasteiger partial charge on any atom is 0.224 e. The van der Waals surface area contributed by atoms with Crippen molar-refractivity contribution < 1.29 is 4.74 Å². The number of benzene rings is 1. The zero-order valence-electron chi connectivity index (χ0n) is 15.7. The number of fused-ring (bicyclic) bond motifs is 1. The molecule has 0 bridgehead atoms. The number of rotatable bonds is 5. The third-order valence-electron chi connectivity index (χ3n) is 4.78. The molecular formula is C18H23N9O. The van der Waals surface area contributed by atoms with Gasteiger partial charge in [0, 0.05) is 32.7 Å². The fraction of sp³-hybridized carbons (Fsp3) is 0.389. The molecule has 2 aromatic heterocycles. The average Bonchev–Trinajstić information content (AvgIpc) is 2.70. The Bertz CT molecular complexity index is 972. The second-order valence-corrected chi connectivity index (χ2v) is 6.77. The summed E-state index contributed by atoms with van der Waals surface area (Å²) in [5.74, 6) is 1.79. The van der Waals surface area contributed by atoms with Crippen LogP contribution < -0.4 is 16.2 Å². The molecule has 10 heteroatoms. The second kappa shape index (κ2) is 7.87. The zero-order valence-corrected chi connectivity index (χ0v) is 15.7. The zero-order chi connectivity index (χ0) is 19.5. The van der Waals surface area contributed by atoms with Crippen LogP contribution in [0.25, 0.3) is 11.2 Å². The summed E-state index contributed by atoms with van der Waals surface area (Å²) in [7, 11) is 1.69. The number of piperazine rings is 1. The molecule has 146 valence electrons. The highest BCUT2D eigenvalue weighted by atomic mass is 16.5. The molecule has 4 rings (SSSR count). The van der Waals surface area contributed by atoms with Crippen LogP contribution in [-0.2, 0) is 13.1 Å². The third kappa shape index (κ3) is 4.07. The topological polar surface area (TPSA) is 132 Å². The maximum atomic E-state index is 5.88. The van der Waals surface area contributed by atoms with Crippen molar-refractivity contribution in [3.05, 3.63) is 35.7 Å². The first-order chi connectivity index (χ1) is 13.6. The number of nitrogens with two attached hydrogens (primary N) is 2. The van der Waals surface area contributed by atoms with Gasteiger partial charge in [-0.25, -0.2) is 4.98 Å². The molecule has 0 radical (unpaired) electrons. The molecule has 4 N–H and O–H groups in total. The van der Waals surface area contributed by atoms with Gasteiger partial charge in [-0.05, 0) is 17.7 Å². The molecule has 0 atom stereocenters. The van der Waals surface area contributed by atoms with E-state index in [1.54, 1.807) is 7.11 Å². The van der Waals surface area contributed by atoms with Gasteiger partial charge in [-0.1, -0.05) is 12.1 Å². The number of ether oxygens (including phenoxy) is 1. The van der Waals surface area contributed by atoms with E-state index in [4.69, 9.17) is 16.2 Å². The average molecular weight is 381 g/mol. The van der Waals surface area contributed by atoms with Crippen molar-refractivity contribution in [2.75, 3.05) is 44.8 Å². The Balaban J connectivity index is 1.36. The molecule has 1 aliphatic heterocycles. The Morgan fingerprint density at radius 2 is 1.71 bits per heavy atom. The van der Waals surface area contributed by atoms with Gasteiger partial charge in [0.1, 0.15) is 5.75 Å². The molecule has 28 heavy (non-hydrogen) atoms. The molecule has 0 unspecified atom stereocenters. The van der Waals surface area contributed by atoms with Gasteiger partial charge < -0.3 is 16.2 Å². The van der Waals surface area contributed by atoms with E-state index >= 15 is 0 Å². The second-order valence-electron chi connectivity index (χ2n) is 6.77. The normalized spacial score (nSPS) is 15.8. The fourth-order valence-electron chi connectivity index (χ4n) is 3.31. The van der Waals surface area contributed by atoms with Crippen LogP contribution in [0.4, 0.5) is 11.8 Å². The van der Waals surface area contributed by atoms with E-state index in [0.29, 0.717) is 23.5 Å². The van der Waals surface area contributed by atoms with Crippen LogP contribution in [0.3, 0.4) is 0 Å². The van der Waals surface area contributed by atoms with E-state index in [2.05, 4.69) is 47.1 Å². The molecule has 0 spiro atoms. The highest BCUT2D eigenvalue weighted by Gasteiger charge is 2.19. The molecule has 0 saturated carbocycles. The minimum absolute atomic E-state index is 0.0704. The summed E-state index contributed by atoms with van der Waals surface area (Å²) in [4.78, 5) is 17.1. The molecule has 1 aromatic carbocycles. The van der Waals surface area contributed by atoms with Gasteiger partial charge in [-0.15, -0.1) is 10.2 Å². The van der Waals surface area contributed by atoms with Crippen LogP contribution in [0, 0.1) is 0 Å². The molecule has 3 heterocycles. The molecule has 1 aliphatic rings. The number of anilines is 2. The first-order valence-corrected chi connectivity index (χ1v) is 9.10. The Kier molecular flexibility index (Phi) is 5.13. The van der Waals surface area contributed by atoms with Gasteiger partial charge >= 0.3 is 0 Å². The van der Waals surface area contributed by atoms with Crippen LogP contribution in [0.2, 0.25) is 0 Å². The van der Waals surface area contributed by atoms with Crippen molar-refractivity contribution in [3.8, 4) is 5.75 Å². The van der Waals surface area contributed by atoms with Crippen LogP contribution in [0.1, 0.15) is 11.4 Å².